The van der Waals surface area contributed by atoms with E-state index in [2.05, 4.69) is 32.3 Å². The van der Waals surface area contributed by atoms with E-state index in [1.165, 1.54) is 36.6 Å². The Kier molecular flexibility index (Phi) is 6.35. The van der Waals surface area contributed by atoms with Gasteiger partial charge in [-0.3, -0.25) is 14.2 Å². The molecule has 2 aromatic carbocycles. The van der Waals surface area contributed by atoms with Crippen molar-refractivity contribution < 1.29 is 4.79 Å². The Bertz CT molecular complexity index is 1090. The highest BCUT2D eigenvalue weighted by atomic mass is 79.9. The number of nitrogens with zero attached hydrogens (tertiary/aromatic N) is 2. The summed E-state index contributed by atoms with van der Waals surface area (Å²) in [6.45, 7) is 0.290. The zero-order valence-electron chi connectivity index (χ0n) is 15.9. The summed E-state index contributed by atoms with van der Waals surface area (Å²) < 4.78 is 2.32. The molecule has 29 heavy (non-hydrogen) atoms. The molecule has 1 N–H and O–H groups in total. The lowest BCUT2D eigenvalue weighted by Crippen LogP contribution is -2.23. The molecule has 3 aromatic rings. The maximum atomic E-state index is 12.7. The number of nitrogens with one attached hydrogen (secondary N) is 1. The highest BCUT2D eigenvalue weighted by molar-refractivity contribution is 9.10. The number of para-hydroxylation sites is 1. The Labute approximate surface area is 182 Å². The van der Waals surface area contributed by atoms with E-state index in [1.807, 2.05) is 36.0 Å². The van der Waals surface area contributed by atoms with E-state index in [4.69, 9.17) is 0 Å². The van der Waals surface area contributed by atoms with Gasteiger partial charge in [-0.2, -0.15) is 0 Å². The fourth-order valence-electron chi connectivity index (χ4n) is 3.58. The van der Waals surface area contributed by atoms with Crippen molar-refractivity contribution in [1.29, 1.82) is 0 Å². The molecule has 1 heterocycles. The number of hydrogen-bond acceptors (Lipinski definition) is 4. The van der Waals surface area contributed by atoms with E-state index < -0.39 is 0 Å². The summed E-state index contributed by atoms with van der Waals surface area (Å²) >= 11 is 5.24. The van der Waals surface area contributed by atoms with Crippen LogP contribution in [-0.4, -0.2) is 20.7 Å². The number of halogens is 1. The Morgan fingerprint density at radius 2 is 2.00 bits per heavy atom. The van der Waals surface area contributed by atoms with Crippen LogP contribution in [0.1, 0.15) is 32.1 Å². The molecular formula is C22H22BrN3O2S. The van der Waals surface area contributed by atoms with E-state index in [1.54, 1.807) is 12.1 Å². The number of fused-ring (bicyclic) bond motifs is 1. The fourth-order valence-corrected chi connectivity index (χ4v) is 5.28. The summed E-state index contributed by atoms with van der Waals surface area (Å²) in [6, 6.07) is 13.4. The van der Waals surface area contributed by atoms with Crippen LogP contribution in [0.15, 0.2) is 63.0 Å². The van der Waals surface area contributed by atoms with Gasteiger partial charge in [0.25, 0.3) is 5.56 Å². The summed E-state index contributed by atoms with van der Waals surface area (Å²) in [5.74, 6) is -0.106. The van der Waals surface area contributed by atoms with Gasteiger partial charge in [0, 0.05) is 27.6 Å². The van der Waals surface area contributed by atoms with Crippen LogP contribution in [-0.2, 0) is 11.3 Å². The molecule has 0 saturated heterocycles. The van der Waals surface area contributed by atoms with Crippen molar-refractivity contribution in [3.05, 3.63) is 63.6 Å². The molecule has 0 atom stereocenters. The fraction of sp³-hybridized carbons (Fsp3) is 0.318. The molecular weight excluding hydrogens is 450 g/mol. The molecule has 4 rings (SSSR count). The molecule has 0 bridgehead atoms. The highest BCUT2D eigenvalue weighted by Gasteiger charge is 2.18. The minimum Gasteiger partial charge on any atom is -0.325 e. The van der Waals surface area contributed by atoms with Crippen molar-refractivity contribution in [2.24, 2.45) is 0 Å². The average molecular weight is 472 g/mol. The van der Waals surface area contributed by atoms with Crippen LogP contribution in [0, 0.1) is 0 Å². The number of carbonyl (C=O) groups excluding carboxylic acids is 1. The third-order valence-electron chi connectivity index (χ3n) is 5.12. The van der Waals surface area contributed by atoms with Crippen molar-refractivity contribution in [3.8, 4) is 0 Å². The minimum absolute atomic E-state index is 0.106. The number of hydrogen-bond donors (Lipinski definition) is 1. The second-order valence-corrected chi connectivity index (χ2v) is 9.48. The molecule has 150 valence electrons. The second kappa shape index (κ2) is 9.13. The van der Waals surface area contributed by atoms with E-state index in [-0.39, 0.29) is 24.4 Å². The van der Waals surface area contributed by atoms with E-state index in [0.29, 0.717) is 16.2 Å². The zero-order valence-corrected chi connectivity index (χ0v) is 18.3. The van der Waals surface area contributed by atoms with Crippen molar-refractivity contribution in [2.75, 3.05) is 5.32 Å². The van der Waals surface area contributed by atoms with E-state index in [9.17, 15) is 9.59 Å². The van der Waals surface area contributed by atoms with Crippen LogP contribution in [0.3, 0.4) is 0 Å². The van der Waals surface area contributed by atoms with Gasteiger partial charge in [0.15, 0.2) is 0 Å². The first-order valence-corrected chi connectivity index (χ1v) is 11.5. The van der Waals surface area contributed by atoms with Gasteiger partial charge in [-0.05, 0) is 43.2 Å². The number of aromatic nitrogens is 2. The second-order valence-electron chi connectivity index (χ2n) is 7.22. The third-order valence-corrected chi connectivity index (χ3v) is 7.03. The van der Waals surface area contributed by atoms with Gasteiger partial charge < -0.3 is 5.32 Å². The lowest BCUT2D eigenvalue weighted by Gasteiger charge is -2.14. The number of benzene rings is 2. The number of aryl methyl sites for hydroxylation is 1. The molecule has 1 fully saturated rings. The van der Waals surface area contributed by atoms with Crippen molar-refractivity contribution in [2.45, 2.75) is 48.8 Å². The van der Waals surface area contributed by atoms with Gasteiger partial charge in [0.2, 0.25) is 5.91 Å². The topological polar surface area (TPSA) is 64.0 Å². The zero-order chi connectivity index (χ0) is 20.2. The Balaban J connectivity index is 1.43. The molecule has 0 aliphatic heterocycles. The van der Waals surface area contributed by atoms with Crippen molar-refractivity contribution in [1.82, 2.24) is 9.55 Å². The van der Waals surface area contributed by atoms with Crippen LogP contribution >= 0.6 is 27.7 Å². The third kappa shape index (κ3) is 4.90. The van der Waals surface area contributed by atoms with Gasteiger partial charge in [-0.1, -0.05) is 40.9 Å². The first-order valence-electron chi connectivity index (χ1n) is 9.80. The summed E-state index contributed by atoms with van der Waals surface area (Å²) in [4.78, 5) is 30.6. The quantitative estimate of drug-likeness (QED) is 0.534. The molecule has 0 radical (unpaired) electrons. The normalized spacial score (nSPS) is 14.4. The summed E-state index contributed by atoms with van der Waals surface area (Å²) in [6.07, 6.45) is 6.77. The summed E-state index contributed by atoms with van der Waals surface area (Å²) in [7, 11) is 0. The number of thioether (sulfide) groups is 1. The number of amides is 1. The average Bonchev–Trinajstić information content (AvgIpc) is 3.22. The maximum absolute atomic E-state index is 12.7. The predicted octanol–water partition coefficient (Wildman–Crippen LogP) is 5.22. The molecule has 5 nitrogen and oxygen atoms in total. The van der Waals surface area contributed by atoms with E-state index in [0.717, 1.165) is 15.1 Å². The smallest absolute Gasteiger partial charge is 0.261 e. The van der Waals surface area contributed by atoms with Crippen LogP contribution in [0.4, 0.5) is 5.69 Å². The predicted molar refractivity (Wildman–Crippen MR) is 122 cm³/mol. The minimum atomic E-state index is -0.138. The SMILES string of the molecule is O=C(CCn1cnc2ccc(Br)cc2c1=O)Nc1ccccc1SC1CCCC1. The monoisotopic (exact) mass is 471 g/mol. The maximum Gasteiger partial charge on any atom is 0.261 e. The first-order chi connectivity index (χ1) is 14.1. The van der Waals surface area contributed by atoms with Crippen LogP contribution in [0.2, 0.25) is 0 Å². The number of carbonyl (C=O) groups is 1. The molecule has 0 spiro atoms. The van der Waals surface area contributed by atoms with Crippen LogP contribution < -0.4 is 10.9 Å². The van der Waals surface area contributed by atoms with Crippen molar-refractivity contribution in [3.63, 3.8) is 0 Å². The lowest BCUT2D eigenvalue weighted by atomic mass is 10.2. The largest absolute Gasteiger partial charge is 0.325 e. The van der Waals surface area contributed by atoms with Crippen molar-refractivity contribution >= 4 is 50.2 Å². The lowest BCUT2D eigenvalue weighted by molar-refractivity contribution is -0.116. The summed E-state index contributed by atoms with van der Waals surface area (Å²) in [5.41, 5.74) is 1.36. The van der Waals surface area contributed by atoms with Gasteiger partial charge in [-0.15, -0.1) is 11.8 Å². The molecule has 1 aliphatic carbocycles. The van der Waals surface area contributed by atoms with Crippen LogP contribution in [0.25, 0.3) is 10.9 Å². The van der Waals surface area contributed by atoms with E-state index >= 15 is 0 Å². The molecule has 7 heteroatoms. The highest BCUT2D eigenvalue weighted by Crippen LogP contribution is 2.38. The van der Waals surface area contributed by atoms with Gasteiger partial charge in [0.05, 0.1) is 22.9 Å². The van der Waals surface area contributed by atoms with Gasteiger partial charge in [-0.25, -0.2) is 4.98 Å². The Morgan fingerprint density at radius 1 is 1.21 bits per heavy atom. The standard InChI is InChI=1S/C22H22BrN3O2S/c23-15-9-10-18-17(13-15)22(28)26(14-24-18)12-11-21(27)25-19-7-3-4-8-20(19)29-16-5-1-2-6-16/h3-4,7-10,13-14,16H,1-2,5-6,11-12H2,(H,25,27). The van der Waals surface area contributed by atoms with Crippen LogP contribution in [0.5, 0.6) is 0 Å². The summed E-state index contributed by atoms with van der Waals surface area (Å²) in [5, 5.41) is 4.19. The molecule has 1 aliphatic rings. The molecule has 1 aromatic heterocycles. The Hall–Kier alpha value is -2.12. The molecule has 1 amide bonds. The number of anilines is 1. The number of rotatable bonds is 6. The molecule has 1 saturated carbocycles. The van der Waals surface area contributed by atoms with Gasteiger partial charge >= 0.3 is 0 Å². The molecule has 0 unspecified atom stereocenters. The Morgan fingerprint density at radius 3 is 2.83 bits per heavy atom. The van der Waals surface area contributed by atoms with Gasteiger partial charge in [0.1, 0.15) is 0 Å². The first kappa shape index (κ1) is 20.2.